The summed E-state index contributed by atoms with van der Waals surface area (Å²) in [5, 5.41) is 0. The van der Waals surface area contributed by atoms with Crippen LogP contribution in [0.1, 0.15) is 13.3 Å². The van der Waals surface area contributed by atoms with Gasteiger partial charge in [0.1, 0.15) is 0 Å². The van der Waals surface area contributed by atoms with Crippen molar-refractivity contribution in [3.8, 4) is 0 Å². The summed E-state index contributed by atoms with van der Waals surface area (Å²) >= 11 is 2.02. The molecule has 1 nitrogen and oxygen atoms in total. The maximum atomic E-state index is 10.3. The maximum Gasteiger partial charge on any atom is 0.155 e. The zero-order valence-corrected chi connectivity index (χ0v) is 6.31. The van der Waals surface area contributed by atoms with Crippen molar-refractivity contribution in [2.75, 3.05) is 0 Å². The Morgan fingerprint density at radius 3 is 2.57 bits per heavy atom. The highest BCUT2D eigenvalue weighted by molar-refractivity contribution is 14.1. The number of rotatable bonds is 2. The Morgan fingerprint density at radius 2 is 2.43 bits per heavy atom. The molecule has 0 aromatic heterocycles. The minimum absolute atomic E-state index is 0.189. The van der Waals surface area contributed by atoms with Crippen LogP contribution < -0.4 is 0 Å². The fraction of sp³-hybridized carbons (Fsp3) is 0.400. The summed E-state index contributed by atoms with van der Waals surface area (Å²) in [5.74, 6) is 0.189. The molecule has 2 heteroatoms. The minimum Gasteiger partial charge on any atom is -0.295 e. The van der Waals surface area contributed by atoms with Crippen LogP contribution in [0, 0.1) is 0 Å². The van der Waals surface area contributed by atoms with E-state index in [9.17, 15) is 4.79 Å². The van der Waals surface area contributed by atoms with Gasteiger partial charge < -0.3 is 0 Å². The fourth-order valence-electron chi connectivity index (χ4n) is 0.188. The van der Waals surface area contributed by atoms with Crippen molar-refractivity contribution < 1.29 is 4.79 Å². The van der Waals surface area contributed by atoms with E-state index in [2.05, 4.69) is 0 Å². The number of hydrogen-bond acceptors (Lipinski definition) is 1. The van der Waals surface area contributed by atoms with E-state index in [1.54, 1.807) is 10.2 Å². The number of carbonyl (C=O) groups excluding carboxylic acids is 1. The summed E-state index contributed by atoms with van der Waals surface area (Å²) in [4.78, 5) is 10.3. The minimum atomic E-state index is 0.189. The third kappa shape index (κ3) is 3.98. The molecule has 0 aliphatic rings. The second kappa shape index (κ2) is 4.30. The van der Waals surface area contributed by atoms with E-state index in [-0.39, 0.29) is 5.78 Å². The van der Waals surface area contributed by atoms with E-state index in [1.807, 2.05) is 29.5 Å². The van der Waals surface area contributed by atoms with Gasteiger partial charge in [0, 0.05) is 6.42 Å². The molecule has 0 aliphatic carbocycles. The Morgan fingerprint density at radius 1 is 1.86 bits per heavy atom. The lowest BCUT2D eigenvalue weighted by molar-refractivity contribution is -0.114. The van der Waals surface area contributed by atoms with E-state index in [1.165, 1.54) is 0 Å². The topological polar surface area (TPSA) is 17.1 Å². The van der Waals surface area contributed by atoms with E-state index in [4.69, 9.17) is 0 Å². The summed E-state index contributed by atoms with van der Waals surface area (Å²) in [6.07, 6.45) is 2.18. The van der Waals surface area contributed by atoms with E-state index in [0.717, 1.165) is 0 Å². The van der Waals surface area contributed by atoms with Crippen molar-refractivity contribution in [2.24, 2.45) is 0 Å². The molecular weight excluding hydrogens is 203 g/mol. The standard InChI is InChI=1S/C5H7IO/c1-2-5(7)3-4-6/h3-4H,2H2,1H3. The molecule has 0 aromatic carbocycles. The van der Waals surface area contributed by atoms with Crippen LogP contribution in [0.15, 0.2) is 10.2 Å². The number of hydrogen-bond donors (Lipinski definition) is 0. The van der Waals surface area contributed by atoms with Crippen LogP contribution in [-0.4, -0.2) is 5.78 Å². The van der Waals surface area contributed by atoms with Crippen LogP contribution in [0.4, 0.5) is 0 Å². The van der Waals surface area contributed by atoms with Crippen LogP contribution in [0.25, 0.3) is 0 Å². The van der Waals surface area contributed by atoms with Crippen molar-refractivity contribution >= 4 is 28.4 Å². The van der Waals surface area contributed by atoms with E-state index < -0.39 is 0 Å². The Kier molecular flexibility index (Phi) is 4.39. The molecule has 0 bridgehead atoms. The molecule has 0 amide bonds. The number of halogens is 1. The van der Waals surface area contributed by atoms with Gasteiger partial charge >= 0.3 is 0 Å². The van der Waals surface area contributed by atoms with Gasteiger partial charge in [-0.3, -0.25) is 4.79 Å². The number of ketones is 1. The van der Waals surface area contributed by atoms with E-state index in [0.29, 0.717) is 6.42 Å². The predicted molar refractivity (Wildman–Crippen MR) is 38.5 cm³/mol. The lowest BCUT2D eigenvalue weighted by atomic mass is 10.3. The van der Waals surface area contributed by atoms with Gasteiger partial charge in [-0.15, -0.1) is 0 Å². The number of carbonyl (C=O) groups is 1. The molecule has 40 valence electrons. The van der Waals surface area contributed by atoms with Crippen molar-refractivity contribution in [3.05, 3.63) is 10.2 Å². The third-order valence-corrected chi connectivity index (χ3v) is 0.957. The molecule has 0 unspecified atom stereocenters. The molecule has 0 N–H and O–H groups in total. The summed E-state index contributed by atoms with van der Waals surface area (Å²) in [7, 11) is 0. The molecule has 0 spiro atoms. The summed E-state index contributed by atoms with van der Waals surface area (Å²) in [5.41, 5.74) is 0. The highest BCUT2D eigenvalue weighted by atomic mass is 127. The normalized spacial score (nSPS) is 10.0. The first-order valence-electron chi connectivity index (χ1n) is 2.11. The van der Waals surface area contributed by atoms with Crippen LogP contribution in [-0.2, 0) is 4.79 Å². The lowest BCUT2D eigenvalue weighted by Gasteiger charge is -1.77. The van der Waals surface area contributed by atoms with Crippen LogP contribution in [0.2, 0.25) is 0 Å². The summed E-state index contributed by atoms with van der Waals surface area (Å²) < 4.78 is 1.73. The smallest absolute Gasteiger partial charge is 0.155 e. The molecule has 0 saturated heterocycles. The predicted octanol–water partition coefficient (Wildman–Crippen LogP) is 1.91. The van der Waals surface area contributed by atoms with Gasteiger partial charge in [0.05, 0.1) is 0 Å². The summed E-state index contributed by atoms with van der Waals surface area (Å²) in [6, 6.07) is 0. The Balaban J connectivity index is 3.37. The third-order valence-electron chi connectivity index (χ3n) is 0.597. The van der Waals surface area contributed by atoms with E-state index >= 15 is 0 Å². The van der Waals surface area contributed by atoms with Crippen LogP contribution >= 0.6 is 22.6 Å². The van der Waals surface area contributed by atoms with Gasteiger partial charge in [-0.1, -0.05) is 29.5 Å². The van der Waals surface area contributed by atoms with Gasteiger partial charge in [0.2, 0.25) is 0 Å². The zero-order chi connectivity index (χ0) is 5.70. The van der Waals surface area contributed by atoms with Gasteiger partial charge in [0.15, 0.2) is 5.78 Å². The monoisotopic (exact) mass is 210 g/mol. The molecule has 0 aromatic rings. The van der Waals surface area contributed by atoms with Crippen molar-refractivity contribution in [1.82, 2.24) is 0 Å². The average molecular weight is 210 g/mol. The second-order valence-corrected chi connectivity index (χ2v) is 1.83. The van der Waals surface area contributed by atoms with Crippen LogP contribution in [0.3, 0.4) is 0 Å². The van der Waals surface area contributed by atoms with Gasteiger partial charge in [0.25, 0.3) is 0 Å². The molecule has 0 radical (unpaired) electrons. The van der Waals surface area contributed by atoms with Crippen molar-refractivity contribution in [1.29, 1.82) is 0 Å². The number of allylic oxidation sites excluding steroid dienone is 1. The Bertz CT molecular complexity index is 86.1. The molecule has 0 fully saturated rings. The summed E-state index contributed by atoms with van der Waals surface area (Å²) in [6.45, 7) is 1.85. The molecular formula is C5H7IO. The molecule has 7 heavy (non-hydrogen) atoms. The quantitative estimate of drug-likeness (QED) is 0.502. The highest BCUT2D eigenvalue weighted by Crippen LogP contribution is 1.87. The van der Waals surface area contributed by atoms with Crippen LogP contribution in [0.5, 0.6) is 0 Å². The van der Waals surface area contributed by atoms with Gasteiger partial charge in [-0.05, 0) is 10.2 Å². The van der Waals surface area contributed by atoms with Gasteiger partial charge in [-0.2, -0.15) is 0 Å². The maximum absolute atomic E-state index is 10.3. The average Bonchev–Trinajstić information content (AvgIpc) is 1.68. The first-order chi connectivity index (χ1) is 3.31. The molecule has 0 saturated carbocycles. The van der Waals surface area contributed by atoms with Crippen molar-refractivity contribution in [2.45, 2.75) is 13.3 Å². The molecule has 0 heterocycles. The first-order valence-corrected chi connectivity index (χ1v) is 3.35. The zero-order valence-electron chi connectivity index (χ0n) is 4.15. The van der Waals surface area contributed by atoms with Gasteiger partial charge in [-0.25, -0.2) is 0 Å². The molecule has 0 aliphatic heterocycles. The highest BCUT2D eigenvalue weighted by Gasteiger charge is 1.84. The first kappa shape index (κ1) is 7.14. The fourth-order valence-corrected chi connectivity index (χ4v) is 0.589. The Hall–Kier alpha value is 0.140. The van der Waals surface area contributed by atoms with Crippen molar-refractivity contribution in [3.63, 3.8) is 0 Å². The molecule has 0 atom stereocenters. The largest absolute Gasteiger partial charge is 0.295 e. The second-order valence-electron chi connectivity index (χ2n) is 1.11. The molecule has 0 rings (SSSR count). The Labute approximate surface area is 56.9 Å². The lowest BCUT2D eigenvalue weighted by Crippen LogP contribution is -1.84. The SMILES string of the molecule is CCC(=O)C=CI.